The lowest BCUT2D eigenvalue weighted by atomic mass is 10.1. The van der Waals surface area contributed by atoms with E-state index in [9.17, 15) is 13.6 Å². The van der Waals surface area contributed by atoms with E-state index < -0.39 is 6.61 Å². The van der Waals surface area contributed by atoms with E-state index in [4.69, 9.17) is 9.47 Å². The molecule has 140 valence electrons. The Morgan fingerprint density at radius 2 is 1.92 bits per heavy atom. The summed E-state index contributed by atoms with van der Waals surface area (Å²) in [6, 6.07) is 2.68. The van der Waals surface area contributed by atoms with Crippen LogP contribution in [0.3, 0.4) is 0 Å². The van der Waals surface area contributed by atoms with E-state index in [2.05, 4.69) is 15.4 Å². The van der Waals surface area contributed by atoms with Crippen LogP contribution in [0.1, 0.15) is 16.8 Å². The molecule has 0 spiro atoms. The van der Waals surface area contributed by atoms with E-state index in [1.165, 1.54) is 26.4 Å². The van der Waals surface area contributed by atoms with Crippen LogP contribution in [0.25, 0.3) is 0 Å². The van der Waals surface area contributed by atoms with Crippen LogP contribution in [0, 0.1) is 0 Å². The van der Waals surface area contributed by atoms with Gasteiger partial charge in [-0.05, 0) is 25.1 Å². The number of hydrogen-bond acceptors (Lipinski definition) is 5. The van der Waals surface area contributed by atoms with Crippen LogP contribution in [-0.2, 0) is 0 Å². The first kappa shape index (κ1) is 21.0. The molecular weight excluding hydrogens is 358 g/mol. The molecule has 1 aromatic carbocycles. The van der Waals surface area contributed by atoms with Crippen LogP contribution >= 0.6 is 12.4 Å². The Hall–Kier alpha value is -2.06. The van der Waals surface area contributed by atoms with Gasteiger partial charge in [0.2, 0.25) is 5.75 Å². The third kappa shape index (κ3) is 5.75. The first-order chi connectivity index (χ1) is 11.5. The summed E-state index contributed by atoms with van der Waals surface area (Å²) in [5, 5.41) is 5.99. The number of alkyl halides is 2. The molecule has 2 N–H and O–H groups in total. The van der Waals surface area contributed by atoms with Crippen LogP contribution in [0.15, 0.2) is 23.8 Å². The fourth-order valence-electron chi connectivity index (χ4n) is 2.34. The van der Waals surface area contributed by atoms with Gasteiger partial charge in [-0.1, -0.05) is 11.6 Å². The molecule has 0 saturated heterocycles. The zero-order valence-corrected chi connectivity index (χ0v) is 14.8. The summed E-state index contributed by atoms with van der Waals surface area (Å²) in [4.78, 5) is 12.3. The number of methoxy groups -OCH3 is 2. The molecule has 1 amide bonds. The Morgan fingerprint density at radius 3 is 2.40 bits per heavy atom. The Balaban J connectivity index is 0.00000312. The lowest BCUT2D eigenvalue weighted by Gasteiger charge is -2.17. The molecule has 0 saturated carbocycles. The number of hydrogen-bond donors (Lipinski definition) is 2. The summed E-state index contributed by atoms with van der Waals surface area (Å²) in [7, 11) is 2.60. The van der Waals surface area contributed by atoms with Gasteiger partial charge in [-0.15, -0.1) is 12.4 Å². The third-order valence-electron chi connectivity index (χ3n) is 3.56. The van der Waals surface area contributed by atoms with Crippen molar-refractivity contribution in [2.45, 2.75) is 13.0 Å². The smallest absolute Gasteiger partial charge is 0.387 e. The molecular formula is C16H21ClF2N2O4. The Kier molecular flexibility index (Phi) is 8.44. The van der Waals surface area contributed by atoms with Crippen molar-refractivity contribution in [1.29, 1.82) is 0 Å². The minimum atomic E-state index is -3.03. The molecule has 1 aromatic rings. The molecule has 1 heterocycles. The topological polar surface area (TPSA) is 68.8 Å². The maximum Gasteiger partial charge on any atom is 0.387 e. The molecule has 0 radical (unpaired) electrons. The average molecular weight is 379 g/mol. The van der Waals surface area contributed by atoms with Gasteiger partial charge in [-0.2, -0.15) is 8.78 Å². The molecule has 0 fully saturated rings. The number of nitrogens with one attached hydrogen (secondary N) is 2. The molecule has 25 heavy (non-hydrogen) atoms. The molecule has 2 rings (SSSR count). The minimum Gasteiger partial charge on any atom is -0.493 e. The predicted octanol–water partition coefficient (Wildman–Crippen LogP) is 2.38. The van der Waals surface area contributed by atoms with Crippen molar-refractivity contribution in [2.75, 3.05) is 33.9 Å². The number of carbonyl (C=O) groups is 1. The molecule has 0 aliphatic carbocycles. The maximum atomic E-state index is 12.5. The van der Waals surface area contributed by atoms with Crippen LogP contribution < -0.4 is 24.8 Å². The van der Waals surface area contributed by atoms with E-state index in [-0.39, 0.29) is 41.1 Å². The predicted molar refractivity (Wildman–Crippen MR) is 91.3 cm³/mol. The Bertz CT molecular complexity index is 601. The van der Waals surface area contributed by atoms with E-state index >= 15 is 0 Å². The first-order valence-corrected chi connectivity index (χ1v) is 7.42. The largest absolute Gasteiger partial charge is 0.493 e. The molecule has 0 atom stereocenters. The number of amides is 1. The van der Waals surface area contributed by atoms with Gasteiger partial charge < -0.3 is 24.8 Å². The number of ether oxygens (including phenoxy) is 3. The molecule has 6 nitrogen and oxygen atoms in total. The van der Waals surface area contributed by atoms with Gasteiger partial charge in [0, 0.05) is 18.7 Å². The van der Waals surface area contributed by atoms with Crippen molar-refractivity contribution in [3.63, 3.8) is 0 Å². The second-order valence-electron chi connectivity index (χ2n) is 5.09. The summed E-state index contributed by atoms with van der Waals surface area (Å²) in [6.45, 7) is -0.935. The van der Waals surface area contributed by atoms with Crippen LogP contribution in [-0.4, -0.2) is 46.4 Å². The number of carbonyl (C=O) groups excluding carboxylic acids is 1. The van der Waals surface area contributed by atoms with Crippen LogP contribution in [0.2, 0.25) is 0 Å². The Labute approximate surface area is 150 Å². The highest BCUT2D eigenvalue weighted by Crippen LogP contribution is 2.39. The zero-order valence-electron chi connectivity index (χ0n) is 13.9. The highest BCUT2D eigenvalue weighted by Gasteiger charge is 2.20. The first-order valence-electron chi connectivity index (χ1n) is 7.42. The van der Waals surface area contributed by atoms with Gasteiger partial charge in [0.1, 0.15) is 0 Å². The second-order valence-corrected chi connectivity index (χ2v) is 5.09. The van der Waals surface area contributed by atoms with Crippen molar-refractivity contribution >= 4 is 18.3 Å². The average Bonchev–Trinajstić information content (AvgIpc) is 2.60. The van der Waals surface area contributed by atoms with Crippen molar-refractivity contribution in [2.24, 2.45) is 0 Å². The summed E-state index contributed by atoms with van der Waals surface area (Å²) < 4.78 is 39.5. The highest BCUT2D eigenvalue weighted by molar-refractivity contribution is 5.95. The normalized spacial score (nSPS) is 13.6. The maximum absolute atomic E-state index is 12.5. The second kappa shape index (κ2) is 10.0. The van der Waals surface area contributed by atoms with E-state index in [1.807, 2.05) is 6.08 Å². The van der Waals surface area contributed by atoms with E-state index in [0.717, 1.165) is 25.1 Å². The molecule has 0 unspecified atom stereocenters. The Morgan fingerprint density at radius 1 is 1.28 bits per heavy atom. The number of halogens is 3. The fourth-order valence-corrected chi connectivity index (χ4v) is 2.34. The lowest BCUT2D eigenvalue weighted by molar-refractivity contribution is -0.0526. The fraction of sp³-hybridized carbons (Fsp3) is 0.438. The standard InChI is InChI=1S/C16H20F2N2O4.ClH/c1-22-12-7-11(8-13(23-2)14(12)24-16(17)18)15(21)20-9-10-3-5-19-6-4-10;/h3,7-8,16,19H,4-6,9H2,1-2H3,(H,20,21);1H. The summed E-state index contributed by atoms with van der Waals surface area (Å²) in [5.41, 5.74) is 1.37. The van der Waals surface area contributed by atoms with Gasteiger partial charge in [0.15, 0.2) is 11.5 Å². The minimum absolute atomic E-state index is 0. The third-order valence-corrected chi connectivity index (χ3v) is 3.56. The van der Waals surface area contributed by atoms with Gasteiger partial charge in [0.25, 0.3) is 5.91 Å². The van der Waals surface area contributed by atoms with Crippen molar-refractivity contribution in [1.82, 2.24) is 10.6 Å². The summed E-state index contributed by atoms with van der Waals surface area (Å²) >= 11 is 0. The van der Waals surface area contributed by atoms with Gasteiger partial charge >= 0.3 is 6.61 Å². The van der Waals surface area contributed by atoms with Crippen molar-refractivity contribution in [3.05, 3.63) is 29.3 Å². The van der Waals surface area contributed by atoms with Gasteiger partial charge in [-0.25, -0.2) is 0 Å². The van der Waals surface area contributed by atoms with Crippen LogP contribution in [0.4, 0.5) is 8.78 Å². The SMILES string of the molecule is COc1cc(C(=O)NCC2=CCNCC2)cc(OC)c1OC(F)F.Cl. The molecule has 1 aliphatic heterocycles. The zero-order chi connectivity index (χ0) is 17.5. The van der Waals surface area contributed by atoms with Gasteiger partial charge in [0.05, 0.1) is 14.2 Å². The van der Waals surface area contributed by atoms with Crippen molar-refractivity contribution < 1.29 is 27.8 Å². The lowest BCUT2D eigenvalue weighted by Crippen LogP contribution is -2.29. The van der Waals surface area contributed by atoms with Crippen molar-refractivity contribution in [3.8, 4) is 17.2 Å². The molecule has 1 aliphatic rings. The van der Waals surface area contributed by atoms with E-state index in [1.54, 1.807) is 0 Å². The monoisotopic (exact) mass is 378 g/mol. The quantitative estimate of drug-likeness (QED) is 0.713. The van der Waals surface area contributed by atoms with E-state index in [0.29, 0.717) is 6.54 Å². The van der Waals surface area contributed by atoms with Gasteiger partial charge in [-0.3, -0.25) is 4.79 Å². The summed E-state index contributed by atoms with van der Waals surface area (Å²) in [5.74, 6) is -0.594. The number of rotatable bonds is 7. The molecule has 0 bridgehead atoms. The highest BCUT2D eigenvalue weighted by atomic mass is 35.5. The molecule has 0 aromatic heterocycles. The molecule has 9 heteroatoms. The summed E-state index contributed by atoms with van der Waals surface area (Å²) in [6.07, 6.45) is 2.90. The number of benzene rings is 1. The van der Waals surface area contributed by atoms with Crippen LogP contribution in [0.5, 0.6) is 17.2 Å².